The van der Waals surface area contributed by atoms with Gasteiger partial charge in [0, 0.05) is 0 Å². The summed E-state index contributed by atoms with van der Waals surface area (Å²) in [6.45, 7) is 25.7. The molecule has 0 saturated heterocycles. The van der Waals surface area contributed by atoms with Crippen molar-refractivity contribution in [3.8, 4) is 0 Å². The van der Waals surface area contributed by atoms with E-state index in [2.05, 4.69) is 110 Å². The van der Waals surface area contributed by atoms with E-state index in [0.717, 1.165) is 42.1 Å². The average Bonchev–Trinajstić information content (AvgIpc) is 3.06. The molecule has 0 aliphatic heterocycles. The first-order chi connectivity index (χ1) is 21.2. The topological polar surface area (TPSA) is 0 Å². The van der Waals surface area contributed by atoms with Crippen molar-refractivity contribution in [2.75, 3.05) is 0 Å². The minimum atomic E-state index is 0.845. The molecule has 0 spiro atoms. The summed E-state index contributed by atoms with van der Waals surface area (Å²) in [5.41, 5.74) is 8.06. The SMILES string of the molecule is C=C(C)C1CCC(CCC)CC1.C=C(C)c1ccc(CCC)cc1.CCC1CCC(CC)CC1.CCc1ccc(CC)cc1. The van der Waals surface area contributed by atoms with Crippen LogP contribution in [0.1, 0.15) is 161 Å². The van der Waals surface area contributed by atoms with Crippen molar-refractivity contribution in [3.63, 3.8) is 0 Å². The third kappa shape index (κ3) is 16.8. The molecule has 0 heteroatoms. The summed E-state index contributed by atoms with van der Waals surface area (Å²) in [6.07, 6.45) is 22.1. The molecule has 0 radical (unpaired) electrons. The van der Waals surface area contributed by atoms with Crippen molar-refractivity contribution in [3.05, 3.63) is 89.5 Å². The monoisotopic (exact) mass is 601 g/mol. The van der Waals surface area contributed by atoms with E-state index >= 15 is 0 Å². The standard InChI is InChI=1S/C12H22.C12H16.C10H20.C10H14/c2*1-4-5-11-6-8-12(9-7-11)10(2)3;2*1-3-9-5-7-10(4-2)8-6-9/h11-12H,2,4-9H2,1,3H3;6-9H,2,4-5H2,1,3H3;9-10H,3-8H2,1-2H3;5-8H,3-4H2,1-2H3. The van der Waals surface area contributed by atoms with Crippen molar-refractivity contribution in [2.24, 2.45) is 23.7 Å². The van der Waals surface area contributed by atoms with E-state index in [-0.39, 0.29) is 0 Å². The first-order valence-corrected chi connectivity index (χ1v) is 18.7. The van der Waals surface area contributed by atoms with Crippen molar-refractivity contribution >= 4 is 5.57 Å². The lowest BCUT2D eigenvalue weighted by atomic mass is 9.78. The Morgan fingerprint density at radius 1 is 0.545 bits per heavy atom. The van der Waals surface area contributed by atoms with E-state index < -0.39 is 0 Å². The number of allylic oxidation sites excluding steroid dienone is 2. The Morgan fingerprint density at radius 2 is 0.955 bits per heavy atom. The number of benzene rings is 2. The summed E-state index contributed by atoms with van der Waals surface area (Å²) in [7, 11) is 0. The van der Waals surface area contributed by atoms with Crippen LogP contribution in [0.3, 0.4) is 0 Å². The number of hydrogen-bond donors (Lipinski definition) is 0. The van der Waals surface area contributed by atoms with Gasteiger partial charge in [0.2, 0.25) is 0 Å². The van der Waals surface area contributed by atoms with E-state index in [4.69, 9.17) is 0 Å². The number of hydrogen-bond acceptors (Lipinski definition) is 0. The third-order valence-corrected chi connectivity index (χ3v) is 10.2. The van der Waals surface area contributed by atoms with Crippen LogP contribution in [0, 0.1) is 23.7 Å². The van der Waals surface area contributed by atoms with E-state index in [1.54, 1.807) is 0 Å². The van der Waals surface area contributed by atoms with Gasteiger partial charge in [0.05, 0.1) is 0 Å². The van der Waals surface area contributed by atoms with Crippen LogP contribution in [-0.4, -0.2) is 0 Å². The van der Waals surface area contributed by atoms with E-state index in [1.807, 2.05) is 6.92 Å². The van der Waals surface area contributed by atoms with Crippen molar-refractivity contribution < 1.29 is 0 Å². The van der Waals surface area contributed by atoms with Gasteiger partial charge in [-0.25, -0.2) is 0 Å². The lowest BCUT2D eigenvalue weighted by molar-refractivity contribution is 0.264. The molecule has 2 saturated carbocycles. The average molecular weight is 601 g/mol. The highest BCUT2D eigenvalue weighted by Gasteiger charge is 2.20. The van der Waals surface area contributed by atoms with Crippen LogP contribution in [0.2, 0.25) is 0 Å². The first-order valence-electron chi connectivity index (χ1n) is 18.7. The molecule has 2 fully saturated rings. The number of rotatable bonds is 10. The molecule has 0 unspecified atom stereocenters. The summed E-state index contributed by atoms with van der Waals surface area (Å²) >= 11 is 0. The molecule has 0 heterocycles. The zero-order chi connectivity index (χ0) is 32.7. The van der Waals surface area contributed by atoms with E-state index in [9.17, 15) is 0 Å². The summed E-state index contributed by atoms with van der Waals surface area (Å²) in [5.74, 6) is 4.02. The minimum absolute atomic E-state index is 0.845. The van der Waals surface area contributed by atoms with Gasteiger partial charge >= 0.3 is 0 Å². The highest BCUT2D eigenvalue weighted by atomic mass is 14.3. The summed E-state index contributed by atoms with van der Waals surface area (Å²) in [6, 6.07) is 17.5. The fraction of sp³-hybridized carbons (Fsp3) is 0.636. The summed E-state index contributed by atoms with van der Waals surface area (Å²) in [5, 5.41) is 0. The zero-order valence-corrected chi connectivity index (χ0v) is 30.7. The van der Waals surface area contributed by atoms with Gasteiger partial charge in [0.15, 0.2) is 0 Å². The molecule has 0 bridgehead atoms. The molecule has 2 aromatic carbocycles. The molecule has 2 aliphatic carbocycles. The fourth-order valence-electron chi connectivity index (χ4n) is 6.66. The lowest BCUT2D eigenvalue weighted by Crippen LogP contribution is -2.14. The largest absolute Gasteiger partial charge is 0.0999 e. The molecule has 2 aromatic rings. The van der Waals surface area contributed by atoms with E-state index in [0.29, 0.717) is 0 Å². The van der Waals surface area contributed by atoms with Crippen LogP contribution >= 0.6 is 0 Å². The van der Waals surface area contributed by atoms with Crippen LogP contribution in [0.25, 0.3) is 5.57 Å². The molecular weight excluding hydrogens is 528 g/mol. The van der Waals surface area contributed by atoms with Gasteiger partial charge in [-0.3, -0.25) is 0 Å². The molecule has 2 aliphatic rings. The van der Waals surface area contributed by atoms with Gasteiger partial charge < -0.3 is 0 Å². The zero-order valence-electron chi connectivity index (χ0n) is 30.7. The highest BCUT2D eigenvalue weighted by Crippen LogP contribution is 2.34. The van der Waals surface area contributed by atoms with Gasteiger partial charge in [0.25, 0.3) is 0 Å². The molecule has 44 heavy (non-hydrogen) atoms. The number of aryl methyl sites for hydroxylation is 3. The molecule has 0 aromatic heterocycles. The maximum atomic E-state index is 4.05. The predicted molar refractivity (Wildman–Crippen MR) is 202 cm³/mol. The Hall–Kier alpha value is -2.08. The van der Waals surface area contributed by atoms with Gasteiger partial charge in [0.1, 0.15) is 0 Å². The van der Waals surface area contributed by atoms with Crippen molar-refractivity contribution in [1.82, 2.24) is 0 Å². The molecule has 0 atom stereocenters. The van der Waals surface area contributed by atoms with Crippen molar-refractivity contribution in [1.29, 1.82) is 0 Å². The Balaban J connectivity index is 0.000000294. The third-order valence-electron chi connectivity index (χ3n) is 10.2. The summed E-state index contributed by atoms with van der Waals surface area (Å²) in [4.78, 5) is 0. The van der Waals surface area contributed by atoms with Crippen LogP contribution in [0.4, 0.5) is 0 Å². The highest BCUT2D eigenvalue weighted by molar-refractivity contribution is 5.61. The van der Waals surface area contributed by atoms with Crippen LogP contribution in [0.5, 0.6) is 0 Å². The lowest BCUT2D eigenvalue weighted by Gasteiger charge is -2.28. The second kappa shape index (κ2) is 24.2. The first kappa shape index (κ1) is 39.9. The Morgan fingerprint density at radius 3 is 1.27 bits per heavy atom. The fourth-order valence-corrected chi connectivity index (χ4v) is 6.66. The predicted octanol–water partition coefficient (Wildman–Crippen LogP) is 14.3. The van der Waals surface area contributed by atoms with E-state index in [1.165, 1.54) is 118 Å². The Bertz CT molecular complexity index is 940. The maximum Gasteiger partial charge on any atom is -0.0208 e. The molecule has 248 valence electrons. The maximum absolute atomic E-state index is 4.05. The van der Waals surface area contributed by atoms with Gasteiger partial charge in [-0.2, -0.15) is 0 Å². The minimum Gasteiger partial charge on any atom is -0.0999 e. The molecule has 0 N–H and O–H groups in total. The van der Waals surface area contributed by atoms with Crippen LogP contribution in [-0.2, 0) is 19.3 Å². The molecule has 0 amide bonds. The van der Waals surface area contributed by atoms with Crippen LogP contribution in [0.15, 0.2) is 67.3 Å². The second-order valence-electron chi connectivity index (χ2n) is 13.8. The van der Waals surface area contributed by atoms with Gasteiger partial charge in [-0.1, -0.05) is 172 Å². The van der Waals surface area contributed by atoms with Crippen molar-refractivity contribution in [2.45, 2.75) is 158 Å². The quantitative estimate of drug-likeness (QED) is 0.238. The molecule has 0 nitrogen and oxygen atoms in total. The van der Waals surface area contributed by atoms with Gasteiger partial charge in [-0.15, -0.1) is 0 Å². The van der Waals surface area contributed by atoms with Crippen LogP contribution < -0.4 is 0 Å². The Labute approximate surface area is 276 Å². The summed E-state index contributed by atoms with van der Waals surface area (Å²) < 4.78 is 0. The molecular formula is C44H72. The second-order valence-corrected chi connectivity index (χ2v) is 13.8. The Kier molecular flexibility index (Phi) is 22.0. The van der Waals surface area contributed by atoms with Gasteiger partial charge in [-0.05, 0) is 105 Å². The normalized spacial score (nSPS) is 20.9. The smallest absolute Gasteiger partial charge is 0.0208 e. The molecule has 4 rings (SSSR count).